The Morgan fingerprint density at radius 3 is 2.60 bits per heavy atom. The predicted molar refractivity (Wildman–Crippen MR) is 62.8 cm³/mol. The van der Waals surface area contributed by atoms with E-state index in [9.17, 15) is 9.59 Å². The minimum Gasteiger partial charge on any atom is -0.518 e. The summed E-state index contributed by atoms with van der Waals surface area (Å²) >= 11 is 1.30. The lowest BCUT2D eigenvalue weighted by atomic mass is 10.2. The molecule has 0 aromatic rings. The van der Waals surface area contributed by atoms with Gasteiger partial charge in [-0.15, -0.1) is 0 Å². The summed E-state index contributed by atoms with van der Waals surface area (Å²) in [5.74, 6) is -0.214. The van der Waals surface area contributed by atoms with Crippen LogP contribution in [0.25, 0.3) is 0 Å². The normalized spacial score (nSPS) is 22.0. The molecule has 0 saturated carbocycles. The first-order chi connectivity index (χ1) is 6.85. The first-order valence-corrected chi connectivity index (χ1v) is 9.53. The second kappa shape index (κ2) is 4.57. The van der Waals surface area contributed by atoms with Crippen LogP contribution in [0.15, 0.2) is 0 Å². The fourth-order valence-electron chi connectivity index (χ4n) is 1.47. The number of hydrogen-bond acceptors (Lipinski definition) is 4. The van der Waals surface area contributed by atoms with E-state index in [4.69, 9.17) is 4.43 Å². The van der Waals surface area contributed by atoms with Gasteiger partial charge in [-0.05, 0) is 26.1 Å². The molecule has 1 atom stereocenters. The zero-order valence-corrected chi connectivity index (χ0v) is 11.4. The molecule has 1 fully saturated rings. The van der Waals surface area contributed by atoms with Crippen molar-refractivity contribution in [1.82, 2.24) is 4.31 Å². The summed E-state index contributed by atoms with van der Waals surface area (Å²) in [6.07, 6.45) is 2.84. The Morgan fingerprint density at radius 2 is 2.13 bits per heavy atom. The van der Waals surface area contributed by atoms with Gasteiger partial charge in [0.2, 0.25) is 14.2 Å². The third kappa shape index (κ3) is 3.24. The molecule has 4 nitrogen and oxygen atoms in total. The monoisotopic (exact) mass is 247 g/mol. The molecule has 1 aliphatic rings. The fraction of sp³-hybridized carbons (Fsp3) is 0.778. The molecular weight excluding hydrogens is 230 g/mol. The van der Waals surface area contributed by atoms with Crippen molar-refractivity contribution in [2.24, 2.45) is 0 Å². The van der Waals surface area contributed by atoms with Crippen LogP contribution in [0.1, 0.15) is 12.8 Å². The minimum atomic E-state index is -1.85. The molecule has 86 valence electrons. The smallest absolute Gasteiger partial charge is 0.316 e. The van der Waals surface area contributed by atoms with E-state index in [2.05, 4.69) is 0 Å². The lowest BCUT2D eigenvalue weighted by Crippen LogP contribution is -2.40. The Labute approximate surface area is 95.6 Å². The summed E-state index contributed by atoms with van der Waals surface area (Å²) in [6.45, 7) is 5.89. The summed E-state index contributed by atoms with van der Waals surface area (Å²) in [7, 11) is -1.85. The van der Waals surface area contributed by atoms with Crippen molar-refractivity contribution in [3.8, 4) is 0 Å². The molecule has 6 heteroatoms. The molecule has 0 radical (unpaired) electrons. The van der Waals surface area contributed by atoms with Crippen LogP contribution in [0.5, 0.6) is 0 Å². The average Bonchev–Trinajstić information content (AvgIpc) is 2.43. The Hall–Kier alpha value is -0.493. The Morgan fingerprint density at radius 1 is 1.53 bits per heavy atom. The highest BCUT2D eigenvalue weighted by Gasteiger charge is 2.38. The van der Waals surface area contributed by atoms with Gasteiger partial charge in [0.15, 0.2) is 0 Å². The average molecular weight is 247 g/mol. The van der Waals surface area contributed by atoms with Gasteiger partial charge in [0.05, 0.1) is 0 Å². The van der Waals surface area contributed by atoms with Crippen LogP contribution in [0.3, 0.4) is 0 Å². The zero-order chi connectivity index (χ0) is 11.6. The molecule has 0 bridgehead atoms. The molecule has 0 aliphatic carbocycles. The molecule has 0 spiro atoms. The Balaban J connectivity index is 2.64. The van der Waals surface area contributed by atoms with Crippen molar-refractivity contribution < 1.29 is 14.0 Å². The van der Waals surface area contributed by atoms with Crippen molar-refractivity contribution >= 4 is 32.1 Å². The number of carbonyl (C=O) groups excluding carboxylic acids is 2. The highest BCUT2D eigenvalue weighted by molar-refractivity contribution is 7.96. The molecule has 0 aromatic heterocycles. The summed E-state index contributed by atoms with van der Waals surface area (Å²) in [5.41, 5.74) is 0. The quantitative estimate of drug-likeness (QED) is 0.562. The lowest BCUT2D eigenvalue weighted by molar-refractivity contribution is -0.141. The van der Waals surface area contributed by atoms with Gasteiger partial charge < -0.3 is 4.43 Å². The maximum atomic E-state index is 11.8. The van der Waals surface area contributed by atoms with Crippen molar-refractivity contribution in [3.63, 3.8) is 0 Å². The maximum Gasteiger partial charge on any atom is 0.316 e. The molecule has 1 saturated heterocycles. The van der Waals surface area contributed by atoms with Crippen LogP contribution in [-0.2, 0) is 14.0 Å². The standard InChI is InChI=1S/C9H17NO3SSi/c1-14-10-7(5-6-8(10)11)9(12)13-15(2,3)4/h7H,5-6H2,1-4H3/t7-/m0/s1. The number of amides is 1. The van der Waals surface area contributed by atoms with Crippen molar-refractivity contribution in [1.29, 1.82) is 0 Å². The van der Waals surface area contributed by atoms with Gasteiger partial charge in [0, 0.05) is 12.7 Å². The third-order valence-electron chi connectivity index (χ3n) is 2.04. The first kappa shape index (κ1) is 12.6. The number of rotatable bonds is 3. The van der Waals surface area contributed by atoms with E-state index >= 15 is 0 Å². The Bertz CT molecular complexity index is 277. The highest BCUT2D eigenvalue weighted by atomic mass is 32.2. The maximum absolute atomic E-state index is 11.8. The lowest BCUT2D eigenvalue weighted by Gasteiger charge is -2.24. The predicted octanol–water partition coefficient (Wildman–Crippen LogP) is 1.63. The number of carbonyl (C=O) groups is 2. The van der Waals surface area contributed by atoms with E-state index in [1.54, 1.807) is 6.26 Å². The van der Waals surface area contributed by atoms with Crippen LogP contribution in [0, 0.1) is 0 Å². The second-order valence-electron chi connectivity index (χ2n) is 4.49. The van der Waals surface area contributed by atoms with Gasteiger partial charge >= 0.3 is 5.97 Å². The molecule has 0 unspecified atom stereocenters. The van der Waals surface area contributed by atoms with Crippen LogP contribution in [-0.4, -0.2) is 36.8 Å². The SMILES string of the molecule is CSN1C(=O)CC[C@H]1C(=O)O[Si](C)(C)C. The first-order valence-electron chi connectivity index (χ1n) is 4.94. The van der Waals surface area contributed by atoms with Gasteiger partial charge in [-0.25, -0.2) is 0 Å². The minimum absolute atomic E-state index is 0.0278. The zero-order valence-electron chi connectivity index (χ0n) is 9.57. The van der Waals surface area contributed by atoms with E-state index in [1.165, 1.54) is 16.3 Å². The third-order valence-corrected chi connectivity index (χ3v) is 3.70. The number of nitrogens with zero attached hydrogens (tertiary/aromatic N) is 1. The molecule has 0 N–H and O–H groups in total. The summed E-state index contributed by atoms with van der Waals surface area (Å²) in [5, 5.41) is 0. The van der Waals surface area contributed by atoms with Gasteiger partial charge in [0.25, 0.3) is 0 Å². The van der Waals surface area contributed by atoms with Gasteiger partial charge in [-0.1, -0.05) is 11.9 Å². The topological polar surface area (TPSA) is 46.6 Å². The van der Waals surface area contributed by atoms with Crippen LogP contribution >= 0.6 is 11.9 Å². The van der Waals surface area contributed by atoms with E-state index in [-0.39, 0.29) is 17.9 Å². The van der Waals surface area contributed by atoms with Crippen LogP contribution in [0.4, 0.5) is 0 Å². The van der Waals surface area contributed by atoms with Gasteiger partial charge in [0.1, 0.15) is 6.04 Å². The molecule has 15 heavy (non-hydrogen) atoms. The summed E-state index contributed by atoms with van der Waals surface area (Å²) in [6, 6.07) is -0.376. The van der Waals surface area contributed by atoms with Crippen molar-refractivity contribution in [3.05, 3.63) is 0 Å². The molecule has 1 amide bonds. The van der Waals surface area contributed by atoms with E-state index in [0.717, 1.165) is 0 Å². The van der Waals surface area contributed by atoms with Crippen LogP contribution < -0.4 is 0 Å². The highest BCUT2D eigenvalue weighted by Crippen LogP contribution is 2.26. The summed E-state index contributed by atoms with van der Waals surface area (Å²) in [4.78, 5) is 23.2. The molecule has 1 aliphatic heterocycles. The van der Waals surface area contributed by atoms with Crippen molar-refractivity contribution in [2.75, 3.05) is 6.26 Å². The fourth-order valence-corrected chi connectivity index (χ4v) is 2.95. The molecule has 0 aromatic carbocycles. The second-order valence-corrected chi connectivity index (χ2v) is 9.68. The van der Waals surface area contributed by atoms with Gasteiger partial charge in [-0.2, -0.15) is 0 Å². The van der Waals surface area contributed by atoms with Gasteiger partial charge in [-0.3, -0.25) is 13.9 Å². The van der Waals surface area contributed by atoms with E-state index < -0.39 is 8.32 Å². The van der Waals surface area contributed by atoms with E-state index in [0.29, 0.717) is 12.8 Å². The summed E-state index contributed by atoms with van der Waals surface area (Å²) < 4.78 is 6.93. The molecular formula is C9H17NO3SSi. The van der Waals surface area contributed by atoms with Crippen molar-refractivity contribution in [2.45, 2.75) is 38.5 Å². The molecule has 1 heterocycles. The molecule has 1 rings (SSSR count). The largest absolute Gasteiger partial charge is 0.518 e. The van der Waals surface area contributed by atoms with Crippen LogP contribution in [0.2, 0.25) is 19.6 Å². The number of hydrogen-bond donors (Lipinski definition) is 0. The van der Waals surface area contributed by atoms with E-state index in [1.807, 2.05) is 19.6 Å². The Kier molecular flexibility index (Phi) is 3.83.